The summed E-state index contributed by atoms with van der Waals surface area (Å²) < 4.78 is 30.8. The highest BCUT2D eigenvalue weighted by Crippen LogP contribution is 2.24. The van der Waals surface area contributed by atoms with Crippen molar-refractivity contribution in [3.05, 3.63) is 23.8 Å². The summed E-state index contributed by atoms with van der Waals surface area (Å²) in [5.41, 5.74) is 2.15. The summed E-state index contributed by atoms with van der Waals surface area (Å²) in [6.07, 6.45) is 0. The Morgan fingerprint density at radius 1 is 1.38 bits per heavy atom. The van der Waals surface area contributed by atoms with Crippen LogP contribution in [0.15, 0.2) is 23.4 Å². The van der Waals surface area contributed by atoms with E-state index < -0.39 is 15.3 Å². The average molecular weight is 240 g/mol. The number of nitrogens with one attached hydrogen (secondary N) is 1. The zero-order valence-corrected chi connectivity index (χ0v) is 9.75. The molecule has 6 heteroatoms. The standard InChI is InChI=1S/C10H12N2O3S/c1-6(2)7-4-3-5-8-9(7)12-10(11-8)16(13,14)15/h3-6H,1-2H3,(H,11,12)(H,13,14,15). The molecule has 2 aromatic rings. The third-order valence-electron chi connectivity index (χ3n) is 2.39. The fraction of sp³-hybridized carbons (Fsp3) is 0.300. The Bertz CT molecular complexity index is 629. The molecule has 0 atom stereocenters. The molecule has 2 rings (SSSR count). The summed E-state index contributed by atoms with van der Waals surface area (Å²) in [6.45, 7) is 3.99. The number of H-pyrrole nitrogens is 1. The zero-order valence-electron chi connectivity index (χ0n) is 8.93. The summed E-state index contributed by atoms with van der Waals surface area (Å²) in [7, 11) is -4.27. The van der Waals surface area contributed by atoms with Gasteiger partial charge in [-0.3, -0.25) is 4.55 Å². The summed E-state index contributed by atoms with van der Waals surface area (Å²) >= 11 is 0. The first kappa shape index (κ1) is 11.1. The maximum absolute atomic E-state index is 10.9. The molecule has 0 aliphatic heterocycles. The Labute approximate surface area is 93.3 Å². The van der Waals surface area contributed by atoms with Crippen molar-refractivity contribution in [1.29, 1.82) is 0 Å². The van der Waals surface area contributed by atoms with Gasteiger partial charge in [-0.05, 0) is 17.5 Å². The van der Waals surface area contributed by atoms with Gasteiger partial charge < -0.3 is 4.98 Å². The quantitative estimate of drug-likeness (QED) is 0.786. The fourth-order valence-electron chi connectivity index (χ4n) is 1.62. The first-order valence-electron chi connectivity index (χ1n) is 4.85. The van der Waals surface area contributed by atoms with E-state index >= 15 is 0 Å². The van der Waals surface area contributed by atoms with E-state index in [0.717, 1.165) is 5.56 Å². The van der Waals surface area contributed by atoms with Gasteiger partial charge in [-0.15, -0.1) is 0 Å². The summed E-state index contributed by atoms with van der Waals surface area (Å²) in [5, 5.41) is -0.407. The van der Waals surface area contributed by atoms with Crippen molar-refractivity contribution in [2.24, 2.45) is 0 Å². The molecule has 0 amide bonds. The van der Waals surface area contributed by atoms with Crippen molar-refractivity contribution in [3.63, 3.8) is 0 Å². The number of nitrogens with zero attached hydrogens (tertiary/aromatic N) is 1. The number of para-hydroxylation sites is 1. The molecular formula is C10H12N2O3S. The maximum Gasteiger partial charge on any atom is 0.328 e. The van der Waals surface area contributed by atoms with Gasteiger partial charge in [-0.2, -0.15) is 8.42 Å². The van der Waals surface area contributed by atoms with Crippen LogP contribution in [0, 0.1) is 0 Å². The lowest BCUT2D eigenvalue weighted by Gasteiger charge is -2.04. The van der Waals surface area contributed by atoms with E-state index in [9.17, 15) is 8.42 Å². The zero-order chi connectivity index (χ0) is 11.9. The van der Waals surface area contributed by atoms with Gasteiger partial charge in [-0.25, -0.2) is 4.98 Å². The summed E-state index contributed by atoms with van der Waals surface area (Å²) in [4.78, 5) is 6.49. The number of aromatic nitrogens is 2. The van der Waals surface area contributed by atoms with Crippen molar-refractivity contribution in [2.45, 2.75) is 24.9 Å². The average Bonchev–Trinajstić information content (AvgIpc) is 2.59. The van der Waals surface area contributed by atoms with Crippen LogP contribution in [0.5, 0.6) is 0 Å². The minimum absolute atomic E-state index is 0.237. The minimum atomic E-state index is -4.27. The fourth-order valence-corrected chi connectivity index (χ4v) is 2.07. The minimum Gasteiger partial charge on any atom is -0.327 e. The molecule has 5 nitrogen and oxygen atoms in total. The van der Waals surface area contributed by atoms with E-state index in [1.807, 2.05) is 26.0 Å². The number of benzene rings is 1. The molecule has 1 aromatic heterocycles. The van der Waals surface area contributed by atoms with E-state index in [-0.39, 0.29) is 5.92 Å². The third kappa shape index (κ3) is 1.81. The molecule has 0 spiro atoms. The lowest BCUT2D eigenvalue weighted by molar-refractivity contribution is 0.476. The van der Waals surface area contributed by atoms with Crippen LogP contribution in [0.25, 0.3) is 11.0 Å². The first-order valence-corrected chi connectivity index (χ1v) is 6.29. The smallest absolute Gasteiger partial charge is 0.327 e. The Balaban J connectivity index is 2.76. The predicted molar refractivity (Wildman–Crippen MR) is 60.0 cm³/mol. The van der Waals surface area contributed by atoms with Gasteiger partial charge in [0.1, 0.15) is 0 Å². The Morgan fingerprint density at radius 3 is 2.62 bits per heavy atom. The number of fused-ring (bicyclic) bond motifs is 1. The largest absolute Gasteiger partial charge is 0.328 e. The Hall–Kier alpha value is -1.40. The van der Waals surface area contributed by atoms with Crippen molar-refractivity contribution in [3.8, 4) is 0 Å². The van der Waals surface area contributed by atoms with Crippen LogP contribution in [-0.4, -0.2) is 22.9 Å². The molecule has 0 bridgehead atoms. The summed E-state index contributed by atoms with van der Waals surface area (Å²) in [6, 6.07) is 5.44. The lowest BCUT2D eigenvalue weighted by Crippen LogP contribution is -1.99. The van der Waals surface area contributed by atoms with Crippen LogP contribution >= 0.6 is 0 Å². The maximum atomic E-state index is 10.9. The molecule has 0 saturated heterocycles. The SMILES string of the molecule is CC(C)c1cccc2[nH]c(S(=O)(=O)O)nc12. The van der Waals surface area contributed by atoms with Crippen LogP contribution in [0.1, 0.15) is 25.3 Å². The molecule has 0 aliphatic carbocycles. The van der Waals surface area contributed by atoms with Crippen molar-refractivity contribution in [2.75, 3.05) is 0 Å². The number of aromatic amines is 1. The van der Waals surface area contributed by atoms with Gasteiger partial charge in [0, 0.05) is 0 Å². The molecule has 1 heterocycles. The van der Waals surface area contributed by atoms with Crippen LogP contribution < -0.4 is 0 Å². The van der Waals surface area contributed by atoms with Gasteiger partial charge in [0.05, 0.1) is 11.0 Å². The molecule has 86 valence electrons. The first-order chi connectivity index (χ1) is 7.39. The van der Waals surface area contributed by atoms with Crippen LogP contribution in [0.2, 0.25) is 0 Å². The lowest BCUT2D eigenvalue weighted by atomic mass is 10.0. The second-order valence-electron chi connectivity index (χ2n) is 3.92. The number of rotatable bonds is 2. The van der Waals surface area contributed by atoms with Crippen molar-refractivity contribution < 1.29 is 13.0 Å². The second-order valence-corrected chi connectivity index (χ2v) is 5.25. The highest BCUT2D eigenvalue weighted by Gasteiger charge is 2.17. The molecule has 2 N–H and O–H groups in total. The summed E-state index contributed by atoms with van der Waals surface area (Å²) in [5.74, 6) is 0.237. The van der Waals surface area contributed by atoms with E-state index in [2.05, 4.69) is 9.97 Å². The molecule has 16 heavy (non-hydrogen) atoms. The molecular weight excluding hydrogens is 228 g/mol. The van der Waals surface area contributed by atoms with E-state index in [0.29, 0.717) is 11.0 Å². The normalized spacial score (nSPS) is 12.5. The highest BCUT2D eigenvalue weighted by atomic mass is 32.2. The van der Waals surface area contributed by atoms with Gasteiger partial charge in [0.2, 0.25) is 0 Å². The van der Waals surface area contributed by atoms with Crippen LogP contribution in [0.3, 0.4) is 0 Å². The van der Waals surface area contributed by atoms with Crippen molar-refractivity contribution in [1.82, 2.24) is 9.97 Å². The predicted octanol–water partition coefficient (Wildman–Crippen LogP) is 1.93. The number of hydrogen-bond donors (Lipinski definition) is 2. The Morgan fingerprint density at radius 2 is 2.06 bits per heavy atom. The molecule has 0 fully saturated rings. The van der Waals surface area contributed by atoms with Crippen molar-refractivity contribution >= 4 is 21.2 Å². The van der Waals surface area contributed by atoms with E-state index in [1.54, 1.807) is 6.07 Å². The monoisotopic (exact) mass is 240 g/mol. The topological polar surface area (TPSA) is 83.0 Å². The Kier molecular flexibility index (Phi) is 2.47. The molecule has 0 aliphatic rings. The third-order valence-corrected chi connectivity index (χ3v) is 3.07. The number of hydrogen-bond acceptors (Lipinski definition) is 3. The van der Waals surface area contributed by atoms with Gasteiger partial charge in [0.15, 0.2) is 0 Å². The van der Waals surface area contributed by atoms with E-state index in [1.165, 1.54) is 0 Å². The van der Waals surface area contributed by atoms with Gasteiger partial charge >= 0.3 is 10.1 Å². The second kappa shape index (κ2) is 3.57. The van der Waals surface area contributed by atoms with Gasteiger partial charge in [0.25, 0.3) is 5.16 Å². The number of imidazole rings is 1. The van der Waals surface area contributed by atoms with Gasteiger partial charge in [-0.1, -0.05) is 26.0 Å². The highest BCUT2D eigenvalue weighted by molar-refractivity contribution is 7.85. The molecule has 0 saturated carbocycles. The molecule has 0 radical (unpaired) electrons. The van der Waals surface area contributed by atoms with Crippen LogP contribution in [-0.2, 0) is 10.1 Å². The molecule has 0 unspecified atom stereocenters. The van der Waals surface area contributed by atoms with Crippen LogP contribution in [0.4, 0.5) is 0 Å². The molecule has 1 aromatic carbocycles. The van der Waals surface area contributed by atoms with E-state index in [4.69, 9.17) is 4.55 Å².